The van der Waals surface area contributed by atoms with Gasteiger partial charge in [-0.25, -0.2) is 22.0 Å². The number of alkyl halides is 2. The number of nitrogens with one attached hydrogen (secondary N) is 2. The van der Waals surface area contributed by atoms with Crippen LogP contribution in [0.25, 0.3) is 10.8 Å². The van der Waals surface area contributed by atoms with Crippen molar-refractivity contribution in [3.05, 3.63) is 41.4 Å². The van der Waals surface area contributed by atoms with E-state index in [1.807, 2.05) is 13.0 Å². The zero-order chi connectivity index (χ0) is 44.9. The lowest BCUT2D eigenvalue weighted by atomic mass is 9.84. The number of hydrogen-bond acceptors (Lipinski definition) is 10. The van der Waals surface area contributed by atoms with E-state index in [1.54, 1.807) is 37.3 Å². The van der Waals surface area contributed by atoms with E-state index in [4.69, 9.17) is 25.8 Å². The number of carbonyl (C=O) groups excluding carboxylic acids is 3. The topological polar surface area (TPSA) is 194 Å². The van der Waals surface area contributed by atoms with E-state index in [1.165, 1.54) is 14.0 Å². The predicted octanol–water partition coefficient (Wildman–Crippen LogP) is 5.93. The number of pyridine rings is 1. The zero-order valence-electron chi connectivity index (χ0n) is 35.5. The number of rotatable bonds is 12. The monoisotopic (exact) mass is 895 g/mol. The van der Waals surface area contributed by atoms with Crippen LogP contribution >= 0.6 is 11.6 Å². The van der Waals surface area contributed by atoms with Crippen molar-refractivity contribution in [2.75, 3.05) is 26.9 Å². The van der Waals surface area contributed by atoms with Gasteiger partial charge in [0.1, 0.15) is 35.9 Å². The van der Waals surface area contributed by atoms with Gasteiger partial charge >= 0.3 is 6.09 Å². The molecule has 0 bridgehead atoms. The molecule has 2 aliphatic carbocycles. The number of amides is 4. The molecule has 2 saturated carbocycles. The van der Waals surface area contributed by atoms with Crippen molar-refractivity contribution >= 4 is 56.2 Å². The first-order valence-corrected chi connectivity index (χ1v) is 22.5. The Kier molecular flexibility index (Phi) is 13.0. The molecular weight excluding hydrogens is 840 g/mol. The summed E-state index contributed by atoms with van der Waals surface area (Å²) < 4.78 is 75.9. The number of methoxy groups -OCH3 is 1. The van der Waals surface area contributed by atoms with Gasteiger partial charge in [0.2, 0.25) is 33.6 Å². The van der Waals surface area contributed by atoms with E-state index in [2.05, 4.69) is 15.0 Å². The van der Waals surface area contributed by atoms with Crippen molar-refractivity contribution in [2.45, 2.75) is 126 Å². The van der Waals surface area contributed by atoms with E-state index in [0.717, 1.165) is 18.7 Å². The Bertz CT molecular complexity index is 2180. The van der Waals surface area contributed by atoms with Gasteiger partial charge in [-0.15, -0.1) is 0 Å². The summed E-state index contributed by atoms with van der Waals surface area (Å²) in [5, 5.41) is 14.8. The molecule has 336 valence electrons. The molecule has 7 atom stereocenters. The standard InChI is InChI=1S/C42H56ClF2N5O10S/c1-24-11-8-9-12-26-22-42(26,37(53)48-61(56,57)40(5)15-16-40)47-34(51)31-20-27(60-35-28-13-10-14-30(43)29(28)21-32(46-35)59-18-17-58-7)23-49(31)36(52)33(25(2)19-24)50(38(54)55)39(3,4)41(6,44)45/h9-10,12-14,21,24-27,31,33H,8,11,15-20,22-23H2,1-7H3,(H,47,51)(H,48,53)(H,54,55)/t24-,25+,26+,27+,31-,33-,42+/m0/s1. The largest absolute Gasteiger partial charge is 0.475 e. The van der Waals surface area contributed by atoms with Gasteiger partial charge < -0.3 is 29.5 Å². The molecule has 15 nitrogen and oxygen atoms in total. The molecule has 4 amide bonds. The minimum atomic E-state index is -4.11. The minimum absolute atomic E-state index is 0.0488. The molecule has 3 N–H and O–H groups in total. The number of ether oxygens (including phenoxy) is 3. The smallest absolute Gasteiger partial charge is 0.408 e. The summed E-state index contributed by atoms with van der Waals surface area (Å²) >= 11 is 6.58. The first kappa shape index (κ1) is 46.2. The van der Waals surface area contributed by atoms with Crippen LogP contribution in [-0.4, -0.2) is 119 Å². The molecule has 0 unspecified atom stereocenters. The van der Waals surface area contributed by atoms with Gasteiger partial charge in [0.25, 0.3) is 11.8 Å². The summed E-state index contributed by atoms with van der Waals surface area (Å²) in [7, 11) is -2.60. The number of hydrogen-bond donors (Lipinski definition) is 3. The lowest BCUT2D eigenvalue weighted by molar-refractivity contribution is -0.156. The van der Waals surface area contributed by atoms with Gasteiger partial charge in [-0.1, -0.05) is 43.7 Å². The van der Waals surface area contributed by atoms with Gasteiger partial charge in [-0.3, -0.25) is 24.0 Å². The van der Waals surface area contributed by atoms with Crippen molar-refractivity contribution in [1.82, 2.24) is 24.8 Å². The third kappa shape index (κ3) is 9.26. The van der Waals surface area contributed by atoms with E-state index in [9.17, 15) is 27.9 Å². The van der Waals surface area contributed by atoms with Crippen LogP contribution in [0, 0.1) is 17.8 Å². The Labute approximate surface area is 359 Å². The Balaban J connectivity index is 1.44. The van der Waals surface area contributed by atoms with E-state index >= 15 is 13.6 Å². The number of allylic oxidation sites excluding steroid dienone is 1. The Morgan fingerprint density at radius 1 is 1.13 bits per heavy atom. The summed E-state index contributed by atoms with van der Waals surface area (Å²) in [6, 6.07) is 3.57. The number of nitrogens with zero attached hydrogens (tertiary/aromatic N) is 3. The summed E-state index contributed by atoms with van der Waals surface area (Å²) in [6.45, 7) is 7.86. The number of benzene rings is 1. The molecule has 19 heteroatoms. The summed E-state index contributed by atoms with van der Waals surface area (Å²) in [4.78, 5) is 63.3. The number of carbonyl (C=O) groups is 4. The second-order valence-corrected chi connectivity index (χ2v) is 20.6. The lowest BCUT2D eigenvalue weighted by Crippen LogP contribution is -2.66. The molecule has 3 heterocycles. The van der Waals surface area contributed by atoms with Crippen molar-refractivity contribution in [2.24, 2.45) is 17.8 Å². The van der Waals surface area contributed by atoms with Crippen LogP contribution < -0.4 is 19.5 Å². The van der Waals surface area contributed by atoms with Gasteiger partial charge in [0.15, 0.2) is 0 Å². The predicted molar refractivity (Wildman–Crippen MR) is 222 cm³/mol. The Morgan fingerprint density at radius 2 is 1.84 bits per heavy atom. The highest BCUT2D eigenvalue weighted by atomic mass is 35.5. The molecule has 61 heavy (non-hydrogen) atoms. The summed E-state index contributed by atoms with van der Waals surface area (Å²) in [5.74, 6) is -7.60. The average molecular weight is 896 g/mol. The number of sulfonamides is 1. The maximum Gasteiger partial charge on any atom is 0.408 e. The van der Waals surface area contributed by atoms with Crippen LogP contribution in [0.4, 0.5) is 13.6 Å². The van der Waals surface area contributed by atoms with Crippen LogP contribution in [0.5, 0.6) is 11.8 Å². The molecule has 1 aromatic carbocycles. The summed E-state index contributed by atoms with van der Waals surface area (Å²) in [5.41, 5.74) is -4.09. The SMILES string of the molecule is COCCOc1cc2c(Cl)cccc2c(O[C@@H]2C[C@H]3C(=O)N[C@]4(C(=O)NS(=O)(=O)C5(C)CC5)C[C@H]4C=CCC[C@H](C)C[C@@H](C)[C@H](N(C(=O)O)C(C)(C)C(C)(F)F)C(=O)N3C2)n1. The van der Waals surface area contributed by atoms with Crippen molar-refractivity contribution < 1.29 is 55.7 Å². The number of carboxylic acid groups (broad SMARTS) is 1. The molecule has 1 aromatic heterocycles. The normalized spacial score (nSPS) is 28.1. The van der Waals surface area contributed by atoms with E-state index in [0.29, 0.717) is 53.3 Å². The molecule has 0 spiro atoms. The fraction of sp³-hybridized carbons (Fsp3) is 0.643. The molecule has 2 aromatic rings. The Morgan fingerprint density at radius 3 is 2.48 bits per heavy atom. The van der Waals surface area contributed by atoms with E-state index < -0.39 is 85.6 Å². The average Bonchev–Trinajstić information content (AvgIpc) is 4.05. The first-order chi connectivity index (χ1) is 28.5. The molecular formula is C42H56ClF2N5O10S. The maximum atomic E-state index is 15.4. The minimum Gasteiger partial charge on any atom is -0.475 e. The quantitative estimate of drug-likeness (QED) is 0.169. The van der Waals surface area contributed by atoms with Crippen LogP contribution in [0.2, 0.25) is 5.02 Å². The van der Waals surface area contributed by atoms with Gasteiger partial charge in [0.05, 0.1) is 17.9 Å². The highest BCUT2D eigenvalue weighted by Crippen LogP contribution is 2.48. The third-order valence-corrected chi connectivity index (χ3v) is 15.4. The molecule has 0 radical (unpaired) electrons. The maximum absolute atomic E-state index is 15.4. The second-order valence-electron chi connectivity index (χ2n) is 17.9. The highest BCUT2D eigenvalue weighted by Gasteiger charge is 2.63. The molecule has 2 aliphatic heterocycles. The zero-order valence-corrected chi connectivity index (χ0v) is 37.1. The van der Waals surface area contributed by atoms with Crippen LogP contribution in [0.3, 0.4) is 0 Å². The van der Waals surface area contributed by atoms with E-state index in [-0.39, 0.29) is 56.7 Å². The highest BCUT2D eigenvalue weighted by molar-refractivity contribution is 7.91. The number of halogens is 3. The van der Waals surface area contributed by atoms with Gasteiger partial charge in [-0.2, -0.15) is 4.98 Å². The molecule has 1 saturated heterocycles. The fourth-order valence-corrected chi connectivity index (χ4v) is 9.94. The fourth-order valence-electron chi connectivity index (χ4n) is 8.40. The lowest BCUT2D eigenvalue weighted by Gasteiger charge is -2.47. The summed E-state index contributed by atoms with van der Waals surface area (Å²) in [6.07, 6.45) is 2.80. The molecule has 4 aliphatic rings. The first-order valence-electron chi connectivity index (χ1n) is 20.6. The molecule has 6 rings (SSSR count). The van der Waals surface area contributed by atoms with Gasteiger partial charge in [-0.05, 0) is 83.3 Å². The number of aromatic nitrogens is 1. The Hall–Kier alpha value is -4.29. The van der Waals surface area contributed by atoms with Crippen molar-refractivity contribution in [3.8, 4) is 11.8 Å². The van der Waals surface area contributed by atoms with Gasteiger partial charge in [0, 0.05) is 48.2 Å². The second kappa shape index (κ2) is 17.1. The third-order valence-electron chi connectivity index (χ3n) is 12.9. The van der Waals surface area contributed by atoms with Crippen LogP contribution in [0.1, 0.15) is 86.5 Å². The number of fused-ring (bicyclic) bond motifs is 3. The van der Waals surface area contributed by atoms with Crippen molar-refractivity contribution in [1.29, 1.82) is 0 Å². The van der Waals surface area contributed by atoms with Crippen molar-refractivity contribution in [3.63, 3.8) is 0 Å². The van der Waals surface area contributed by atoms with Crippen LogP contribution in [0.15, 0.2) is 36.4 Å². The molecule has 3 fully saturated rings. The van der Waals surface area contributed by atoms with Crippen LogP contribution in [-0.2, 0) is 29.1 Å².